The Morgan fingerprint density at radius 1 is 1.15 bits per heavy atom. The van der Waals surface area contributed by atoms with Crippen LogP contribution < -0.4 is 4.74 Å². The first-order valence-corrected chi connectivity index (χ1v) is 8.97. The molecule has 0 amide bonds. The summed E-state index contributed by atoms with van der Waals surface area (Å²) in [6.07, 6.45) is -5.25. The van der Waals surface area contributed by atoms with Crippen LogP contribution in [0.3, 0.4) is 0 Å². The van der Waals surface area contributed by atoms with Gasteiger partial charge < -0.3 is 4.74 Å². The largest absolute Gasteiger partial charge is 0.472 e. The minimum atomic E-state index is -4.61. The molecule has 1 saturated heterocycles. The standard InChI is InChI=1S/C15H12F3N3O5S/c16-15(17,18)13-2-1-3-14(19-13)26-11-8-20(9-11)27(24,25)12-6-4-10(5-7-12)21(22)23/h1-7,11H,8-9H2. The van der Waals surface area contributed by atoms with Crippen LogP contribution in [0.1, 0.15) is 5.69 Å². The lowest BCUT2D eigenvalue weighted by atomic mass is 10.2. The second-order valence-corrected chi connectivity index (χ2v) is 7.61. The zero-order valence-electron chi connectivity index (χ0n) is 13.5. The Hall–Kier alpha value is -2.73. The number of hydrogen-bond acceptors (Lipinski definition) is 6. The highest BCUT2D eigenvalue weighted by atomic mass is 32.2. The molecule has 27 heavy (non-hydrogen) atoms. The van der Waals surface area contributed by atoms with E-state index in [0.717, 1.165) is 40.7 Å². The molecule has 1 aliphatic rings. The zero-order valence-corrected chi connectivity index (χ0v) is 14.3. The van der Waals surface area contributed by atoms with Crippen molar-refractivity contribution < 1.29 is 31.2 Å². The van der Waals surface area contributed by atoms with Crippen molar-refractivity contribution in [3.63, 3.8) is 0 Å². The Bertz CT molecular complexity index is 957. The van der Waals surface area contributed by atoms with E-state index in [9.17, 15) is 31.7 Å². The number of aromatic nitrogens is 1. The van der Waals surface area contributed by atoms with Crippen LogP contribution in [0.2, 0.25) is 0 Å². The molecule has 0 spiro atoms. The van der Waals surface area contributed by atoms with E-state index in [-0.39, 0.29) is 29.6 Å². The molecule has 2 heterocycles. The van der Waals surface area contributed by atoms with Crippen molar-refractivity contribution in [2.75, 3.05) is 13.1 Å². The van der Waals surface area contributed by atoms with Crippen LogP contribution in [0, 0.1) is 10.1 Å². The van der Waals surface area contributed by atoms with E-state index in [1.165, 1.54) is 6.07 Å². The molecule has 1 aromatic carbocycles. The van der Waals surface area contributed by atoms with Gasteiger partial charge in [0.2, 0.25) is 15.9 Å². The first kappa shape index (κ1) is 19.0. The molecule has 0 atom stereocenters. The molecule has 2 aromatic rings. The van der Waals surface area contributed by atoms with Gasteiger partial charge in [-0.1, -0.05) is 6.07 Å². The number of halogens is 3. The Balaban J connectivity index is 1.64. The second-order valence-electron chi connectivity index (χ2n) is 5.67. The monoisotopic (exact) mass is 403 g/mol. The Morgan fingerprint density at radius 2 is 1.78 bits per heavy atom. The lowest BCUT2D eigenvalue weighted by molar-refractivity contribution is -0.384. The van der Waals surface area contributed by atoms with Crippen LogP contribution in [-0.4, -0.2) is 41.8 Å². The zero-order chi connectivity index (χ0) is 19.8. The highest BCUT2D eigenvalue weighted by Crippen LogP contribution is 2.30. The molecule has 144 valence electrons. The van der Waals surface area contributed by atoms with Crippen molar-refractivity contribution in [2.45, 2.75) is 17.2 Å². The van der Waals surface area contributed by atoms with E-state index >= 15 is 0 Å². The maximum absolute atomic E-state index is 12.6. The van der Waals surface area contributed by atoms with Gasteiger partial charge in [-0.25, -0.2) is 13.4 Å². The molecule has 0 radical (unpaired) electrons. The Kier molecular flexibility index (Phi) is 4.78. The van der Waals surface area contributed by atoms with Gasteiger partial charge in [-0.15, -0.1) is 0 Å². The number of benzene rings is 1. The molecule has 1 aliphatic heterocycles. The fourth-order valence-electron chi connectivity index (χ4n) is 2.37. The van der Waals surface area contributed by atoms with Gasteiger partial charge >= 0.3 is 6.18 Å². The van der Waals surface area contributed by atoms with Crippen LogP contribution in [0.5, 0.6) is 5.88 Å². The summed E-state index contributed by atoms with van der Waals surface area (Å²) >= 11 is 0. The molecule has 3 rings (SSSR count). The second kappa shape index (κ2) is 6.78. The number of nitrogens with zero attached hydrogens (tertiary/aromatic N) is 3. The molecule has 1 aromatic heterocycles. The van der Waals surface area contributed by atoms with E-state index in [4.69, 9.17) is 4.74 Å². The van der Waals surface area contributed by atoms with Crippen molar-refractivity contribution in [2.24, 2.45) is 0 Å². The number of pyridine rings is 1. The molecule has 0 saturated carbocycles. The van der Waals surface area contributed by atoms with Gasteiger partial charge in [0, 0.05) is 18.2 Å². The van der Waals surface area contributed by atoms with Gasteiger partial charge in [0.15, 0.2) is 0 Å². The predicted molar refractivity (Wildman–Crippen MR) is 85.5 cm³/mol. The minimum absolute atomic E-state index is 0.0722. The number of alkyl halides is 3. The van der Waals surface area contributed by atoms with Gasteiger partial charge in [0.1, 0.15) is 11.8 Å². The van der Waals surface area contributed by atoms with E-state index in [1.54, 1.807) is 0 Å². The van der Waals surface area contributed by atoms with Gasteiger partial charge in [-0.2, -0.15) is 17.5 Å². The number of ether oxygens (including phenoxy) is 1. The van der Waals surface area contributed by atoms with Gasteiger partial charge in [0.25, 0.3) is 5.69 Å². The summed E-state index contributed by atoms with van der Waals surface area (Å²) < 4.78 is 69.1. The fourth-order valence-corrected chi connectivity index (χ4v) is 3.87. The number of non-ortho nitro benzene ring substituents is 1. The summed E-state index contributed by atoms with van der Waals surface area (Å²) in [4.78, 5) is 13.2. The topological polar surface area (TPSA) is 103 Å². The third-order valence-electron chi connectivity index (χ3n) is 3.80. The van der Waals surface area contributed by atoms with E-state index in [0.29, 0.717) is 0 Å². The molecule has 8 nitrogen and oxygen atoms in total. The quantitative estimate of drug-likeness (QED) is 0.561. The molecular weight excluding hydrogens is 391 g/mol. The first-order chi connectivity index (χ1) is 12.6. The fraction of sp³-hybridized carbons (Fsp3) is 0.267. The van der Waals surface area contributed by atoms with Crippen molar-refractivity contribution in [1.82, 2.24) is 9.29 Å². The van der Waals surface area contributed by atoms with Crippen molar-refractivity contribution in [3.8, 4) is 5.88 Å². The van der Waals surface area contributed by atoms with E-state index in [2.05, 4.69) is 4.98 Å². The molecule has 0 aliphatic carbocycles. The summed E-state index contributed by atoms with van der Waals surface area (Å²) in [5, 5.41) is 10.6. The van der Waals surface area contributed by atoms with Crippen LogP contribution in [0.4, 0.5) is 18.9 Å². The lowest BCUT2D eigenvalue weighted by Crippen LogP contribution is -2.56. The Labute approximate surface area is 151 Å². The average molecular weight is 403 g/mol. The molecule has 0 bridgehead atoms. The van der Waals surface area contributed by atoms with Crippen molar-refractivity contribution >= 4 is 15.7 Å². The summed E-state index contributed by atoms with van der Waals surface area (Å²) in [5.74, 6) is -0.248. The minimum Gasteiger partial charge on any atom is -0.472 e. The SMILES string of the molecule is O=[N+]([O-])c1ccc(S(=O)(=O)N2CC(Oc3cccc(C(F)(F)F)n3)C2)cc1. The van der Waals surface area contributed by atoms with E-state index in [1.807, 2.05) is 0 Å². The van der Waals surface area contributed by atoms with Gasteiger partial charge in [-0.05, 0) is 18.2 Å². The molecular formula is C15H12F3N3O5S. The van der Waals surface area contributed by atoms with Crippen LogP contribution in [0.15, 0.2) is 47.4 Å². The number of nitro benzene ring substituents is 1. The van der Waals surface area contributed by atoms with Gasteiger partial charge in [0.05, 0.1) is 22.9 Å². The maximum atomic E-state index is 12.6. The average Bonchev–Trinajstić information content (AvgIpc) is 2.57. The third-order valence-corrected chi connectivity index (χ3v) is 5.65. The van der Waals surface area contributed by atoms with Crippen molar-refractivity contribution in [3.05, 3.63) is 58.3 Å². The molecule has 1 fully saturated rings. The maximum Gasteiger partial charge on any atom is 0.433 e. The van der Waals surface area contributed by atoms with Crippen LogP contribution in [0.25, 0.3) is 0 Å². The highest BCUT2D eigenvalue weighted by Gasteiger charge is 2.39. The molecule has 0 N–H and O–H groups in total. The number of nitro groups is 1. The van der Waals surface area contributed by atoms with Crippen LogP contribution in [-0.2, 0) is 16.2 Å². The summed E-state index contributed by atoms with van der Waals surface area (Å²) in [6.45, 7) is -0.144. The smallest absolute Gasteiger partial charge is 0.433 e. The Morgan fingerprint density at radius 3 is 2.33 bits per heavy atom. The van der Waals surface area contributed by atoms with Crippen molar-refractivity contribution in [1.29, 1.82) is 0 Å². The van der Waals surface area contributed by atoms with E-state index < -0.39 is 32.9 Å². The summed E-state index contributed by atoms with van der Waals surface area (Å²) in [7, 11) is -3.87. The summed E-state index contributed by atoms with van der Waals surface area (Å²) in [5.41, 5.74) is -1.34. The lowest BCUT2D eigenvalue weighted by Gasteiger charge is -2.37. The van der Waals surface area contributed by atoms with Crippen LogP contribution >= 0.6 is 0 Å². The normalized spacial score (nSPS) is 16.0. The molecule has 0 unspecified atom stereocenters. The number of hydrogen-bond donors (Lipinski definition) is 0. The molecule has 12 heteroatoms. The predicted octanol–water partition coefficient (Wildman–Crippen LogP) is 2.46. The summed E-state index contributed by atoms with van der Waals surface area (Å²) in [6, 6.07) is 7.60. The number of rotatable bonds is 5. The number of sulfonamides is 1. The highest BCUT2D eigenvalue weighted by molar-refractivity contribution is 7.89. The first-order valence-electron chi connectivity index (χ1n) is 7.53. The third kappa shape index (κ3) is 4.01. The van der Waals surface area contributed by atoms with Gasteiger partial charge in [-0.3, -0.25) is 10.1 Å².